The van der Waals surface area contributed by atoms with Crippen LogP contribution < -0.4 is 4.74 Å². The number of ether oxygens (including phenoxy) is 2. The van der Waals surface area contributed by atoms with E-state index in [1.165, 1.54) is 11.9 Å². The highest BCUT2D eigenvalue weighted by Gasteiger charge is 2.16. The van der Waals surface area contributed by atoms with Crippen molar-refractivity contribution >= 4 is 5.97 Å². The van der Waals surface area contributed by atoms with E-state index in [4.69, 9.17) is 4.74 Å². The van der Waals surface area contributed by atoms with Gasteiger partial charge < -0.3 is 9.47 Å². The lowest BCUT2D eigenvalue weighted by Crippen LogP contribution is -2.05. The average Bonchev–Trinajstić information content (AvgIpc) is 2.80. The molecule has 6 heteroatoms. The summed E-state index contributed by atoms with van der Waals surface area (Å²) in [6.45, 7) is 1.70. The lowest BCUT2D eigenvalue weighted by Gasteiger charge is -2.02. The molecule has 0 bridgehead atoms. The zero-order valence-corrected chi connectivity index (χ0v) is 10.4. The normalized spacial score (nSPS) is 10.2. The summed E-state index contributed by atoms with van der Waals surface area (Å²) in [5.74, 6) is 0.198. The van der Waals surface area contributed by atoms with Gasteiger partial charge in [0.25, 0.3) is 0 Å². The zero-order valence-electron chi connectivity index (χ0n) is 10.4. The van der Waals surface area contributed by atoms with Crippen LogP contribution in [0.2, 0.25) is 0 Å². The van der Waals surface area contributed by atoms with Gasteiger partial charge in [0, 0.05) is 6.07 Å². The number of carbonyl (C=O) groups excluding carboxylic acids is 1. The van der Waals surface area contributed by atoms with E-state index in [0.717, 1.165) is 0 Å². The van der Waals surface area contributed by atoms with Crippen LogP contribution in [0.3, 0.4) is 0 Å². The Labute approximate surface area is 104 Å². The number of carbonyl (C=O) groups is 1. The predicted octanol–water partition coefficient (Wildman–Crippen LogP) is 1.37. The third kappa shape index (κ3) is 2.17. The van der Waals surface area contributed by atoms with E-state index in [-0.39, 0.29) is 5.69 Å². The summed E-state index contributed by atoms with van der Waals surface area (Å²) in [5.41, 5.74) is 1.44. The minimum Gasteiger partial charge on any atom is -0.497 e. The number of hydrogen-bond donors (Lipinski definition) is 0. The third-order valence-electron chi connectivity index (χ3n) is 2.45. The van der Waals surface area contributed by atoms with Gasteiger partial charge in [-0.3, -0.25) is 0 Å². The Morgan fingerprint density at radius 2 is 2.06 bits per heavy atom. The Morgan fingerprint density at radius 3 is 2.72 bits per heavy atom. The van der Waals surface area contributed by atoms with E-state index in [0.29, 0.717) is 17.1 Å². The highest BCUT2D eigenvalue weighted by atomic mass is 16.5. The molecule has 1 aromatic carbocycles. The molecule has 18 heavy (non-hydrogen) atoms. The largest absolute Gasteiger partial charge is 0.497 e. The van der Waals surface area contributed by atoms with Gasteiger partial charge in [-0.15, -0.1) is 5.10 Å². The minimum absolute atomic E-state index is 0.209. The smallest absolute Gasteiger partial charge is 0.360 e. The summed E-state index contributed by atoms with van der Waals surface area (Å²) in [6.07, 6.45) is 0. The molecule has 0 aliphatic heterocycles. The first-order chi connectivity index (χ1) is 8.65. The number of aryl methyl sites for hydroxylation is 1. The zero-order chi connectivity index (χ0) is 13.1. The van der Waals surface area contributed by atoms with Gasteiger partial charge in [0.2, 0.25) is 0 Å². The Kier molecular flexibility index (Phi) is 3.27. The number of aromatic nitrogens is 3. The van der Waals surface area contributed by atoms with Crippen LogP contribution in [0.4, 0.5) is 0 Å². The quantitative estimate of drug-likeness (QED) is 0.766. The summed E-state index contributed by atoms with van der Waals surface area (Å²) in [5, 5.41) is 8.28. The maximum absolute atomic E-state index is 11.4. The van der Waals surface area contributed by atoms with Crippen molar-refractivity contribution in [3.8, 4) is 11.4 Å². The Bertz CT molecular complexity index is 578. The fourth-order valence-electron chi connectivity index (χ4n) is 1.51. The lowest BCUT2D eigenvalue weighted by molar-refractivity contribution is 0.0592. The van der Waals surface area contributed by atoms with E-state index in [1.54, 1.807) is 20.1 Å². The summed E-state index contributed by atoms with van der Waals surface area (Å²) >= 11 is 0. The number of hydrogen-bond acceptors (Lipinski definition) is 5. The molecule has 6 nitrogen and oxygen atoms in total. The molecule has 1 aromatic heterocycles. The molecule has 0 unspecified atom stereocenters. The molecule has 0 radical (unpaired) electrons. The molecule has 0 saturated carbocycles. The van der Waals surface area contributed by atoms with E-state index >= 15 is 0 Å². The van der Waals surface area contributed by atoms with Crippen molar-refractivity contribution in [2.24, 2.45) is 0 Å². The fraction of sp³-hybridized carbons (Fsp3) is 0.250. The topological polar surface area (TPSA) is 66.2 Å². The summed E-state index contributed by atoms with van der Waals surface area (Å²) in [4.78, 5) is 12.8. The van der Waals surface area contributed by atoms with Crippen LogP contribution in [-0.2, 0) is 4.74 Å². The number of esters is 1. The molecule has 2 rings (SSSR count). The van der Waals surface area contributed by atoms with Gasteiger partial charge in [-0.25, -0.2) is 4.79 Å². The van der Waals surface area contributed by atoms with Crippen molar-refractivity contribution in [1.82, 2.24) is 15.0 Å². The summed E-state index contributed by atoms with van der Waals surface area (Å²) in [6, 6.07) is 7.25. The van der Waals surface area contributed by atoms with E-state index in [9.17, 15) is 4.79 Å². The Hall–Kier alpha value is -2.37. The molecule has 0 amide bonds. The van der Waals surface area contributed by atoms with Crippen LogP contribution in [-0.4, -0.2) is 35.2 Å². The maximum Gasteiger partial charge on any atom is 0.360 e. The van der Waals surface area contributed by atoms with Gasteiger partial charge in [-0.1, -0.05) is 6.07 Å². The van der Waals surface area contributed by atoms with Gasteiger partial charge in [0.1, 0.15) is 5.75 Å². The minimum atomic E-state index is -0.498. The molecule has 0 fully saturated rings. The molecule has 2 aromatic rings. The first-order valence-corrected chi connectivity index (χ1v) is 5.32. The van der Waals surface area contributed by atoms with Crippen molar-refractivity contribution < 1.29 is 14.3 Å². The van der Waals surface area contributed by atoms with Gasteiger partial charge in [-0.2, -0.15) is 9.90 Å². The van der Waals surface area contributed by atoms with Gasteiger partial charge >= 0.3 is 5.97 Å². The summed E-state index contributed by atoms with van der Waals surface area (Å²) in [7, 11) is 2.90. The van der Waals surface area contributed by atoms with E-state index in [1.807, 2.05) is 18.2 Å². The number of benzene rings is 1. The first kappa shape index (κ1) is 12.1. The predicted molar refractivity (Wildman–Crippen MR) is 64.0 cm³/mol. The monoisotopic (exact) mass is 247 g/mol. The second kappa shape index (κ2) is 4.87. The molecule has 0 atom stereocenters. The van der Waals surface area contributed by atoms with Crippen LogP contribution >= 0.6 is 0 Å². The number of nitrogens with zero attached hydrogens (tertiary/aromatic N) is 3. The second-order valence-corrected chi connectivity index (χ2v) is 3.62. The molecule has 0 aliphatic carbocycles. The van der Waals surface area contributed by atoms with Crippen molar-refractivity contribution in [2.45, 2.75) is 6.92 Å². The van der Waals surface area contributed by atoms with Crippen molar-refractivity contribution in [3.63, 3.8) is 0 Å². The van der Waals surface area contributed by atoms with Crippen LogP contribution in [0, 0.1) is 6.92 Å². The number of rotatable bonds is 3. The van der Waals surface area contributed by atoms with Crippen LogP contribution in [0.5, 0.6) is 5.75 Å². The molecular formula is C12H13N3O3. The van der Waals surface area contributed by atoms with E-state index in [2.05, 4.69) is 14.9 Å². The fourth-order valence-corrected chi connectivity index (χ4v) is 1.51. The SMILES string of the molecule is COC(=O)c1nn(-c2cccc(OC)c2)nc1C. The third-order valence-corrected chi connectivity index (χ3v) is 2.45. The van der Waals surface area contributed by atoms with Crippen LogP contribution in [0.1, 0.15) is 16.2 Å². The molecule has 0 saturated heterocycles. The first-order valence-electron chi connectivity index (χ1n) is 5.32. The molecule has 0 aliphatic rings. The highest BCUT2D eigenvalue weighted by molar-refractivity contribution is 5.88. The van der Waals surface area contributed by atoms with Crippen LogP contribution in [0.25, 0.3) is 5.69 Å². The Morgan fingerprint density at radius 1 is 1.28 bits per heavy atom. The molecule has 94 valence electrons. The summed E-state index contributed by atoms with van der Waals surface area (Å²) < 4.78 is 9.75. The van der Waals surface area contributed by atoms with Crippen LogP contribution in [0.15, 0.2) is 24.3 Å². The average molecular weight is 247 g/mol. The molecule has 0 N–H and O–H groups in total. The standard InChI is InChI=1S/C12H13N3O3/c1-8-11(12(16)18-3)14-15(13-8)9-5-4-6-10(7-9)17-2/h4-7H,1-3H3. The van der Waals surface area contributed by atoms with Crippen molar-refractivity contribution in [1.29, 1.82) is 0 Å². The molecule has 0 spiro atoms. The number of methoxy groups -OCH3 is 2. The molecule has 1 heterocycles. The van der Waals surface area contributed by atoms with Gasteiger partial charge in [-0.05, 0) is 19.1 Å². The van der Waals surface area contributed by atoms with Crippen molar-refractivity contribution in [2.75, 3.05) is 14.2 Å². The van der Waals surface area contributed by atoms with Gasteiger partial charge in [0.15, 0.2) is 5.69 Å². The van der Waals surface area contributed by atoms with Crippen molar-refractivity contribution in [3.05, 3.63) is 35.7 Å². The lowest BCUT2D eigenvalue weighted by atomic mass is 10.3. The maximum atomic E-state index is 11.4. The molecular weight excluding hydrogens is 234 g/mol. The van der Waals surface area contributed by atoms with Gasteiger partial charge in [0.05, 0.1) is 25.6 Å². The highest BCUT2D eigenvalue weighted by Crippen LogP contribution is 2.16. The second-order valence-electron chi connectivity index (χ2n) is 3.62. The Balaban J connectivity index is 2.42. The van der Waals surface area contributed by atoms with E-state index < -0.39 is 5.97 Å².